The highest BCUT2D eigenvalue weighted by molar-refractivity contribution is 5.75. The summed E-state index contributed by atoms with van der Waals surface area (Å²) in [6, 6.07) is 16.3. The van der Waals surface area contributed by atoms with Gasteiger partial charge in [-0.2, -0.15) is 0 Å². The van der Waals surface area contributed by atoms with Crippen molar-refractivity contribution in [1.29, 1.82) is 0 Å². The summed E-state index contributed by atoms with van der Waals surface area (Å²) in [5.74, 6) is 1.20. The van der Waals surface area contributed by atoms with E-state index in [1.807, 2.05) is 43.0 Å². The predicted octanol–water partition coefficient (Wildman–Crippen LogP) is 5.20. The van der Waals surface area contributed by atoms with Gasteiger partial charge in [-0.15, -0.1) is 0 Å². The van der Waals surface area contributed by atoms with E-state index in [2.05, 4.69) is 39.6 Å². The summed E-state index contributed by atoms with van der Waals surface area (Å²) in [4.78, 5) is 22.1. The van der Waals surface area contributed by atoms with Gasteiger partial charge in [-0.1, -0.05) is 42.5 Å². The molecule has 1 fully saturated rings. The zero-order chi connectivity index (χ0) is 21.8. The second-order valence-corrected chi connectivity index (χ2v) is 8.14. The first-order valence-corrected chi connectivity index (χ1v) is 10.6. The molecule has 0 spiro atoms. The topological polar surface area (TPSA) is 84.2 Å². The quantitative estimate of drug-likeness (QED) is 0.438. The van der Waals surface area contributed by atoms with E-state index in [-0.39, 0.29) is 16.4 Å². The Morgan fingerprint density at radius 1 is 1.06 bits per heavy atom. The Morgan fingerprint density at radius 2 is 1.81 bits per heavy atom. The van der Waals surface area contributed by atoms with Crippen LogP contribution in [-0.4, -0.2) is 28.0 Å². The molecule has 1 N–H and O–H groups in total. The summed E-state index contributed by atoms with van der Waals surface area (Å²) in [5.41, 5.74) is 4.24. The third kappa shape index (κ3) is 4.66. The zero-order valence-corrected chi connectivity index (χ0v) is 17.9. The van der Waals surface area contributed by atoms with Crippen molar-refractivity contribution in [3.8, 4) is 0 Å². The molecule has 1 aliphatic heterocycles. The van der Waals surface area contributed by atoms with Crippen molar-refractivity contribution in [3.05, 3.63) is 81.7 Å². The van der Waals surface area contributed by atoms with Crippen LogP contribution in [0.25, 0.3) is 0 Å². The number of hydrogen-bond donors (Lipinski definition) is 1. The van der Waals surface area contributed by atoms with Crippen molar-refractivity contribution >= 4 is 23.0 Å². The normalized spacial score (nSPS) is 14.5. The highest BCUT2D eigenvalue weighted by atomic mass is 16.6. The van der Waals surface area contributed by atoms with Crippen LogP contribution >= 0.6 is 0 Å². The van der Waals surface area contributed by atoms with Gasteiger partial charge < -0.3 is 10.2 Å². The van der Waals surface area contributed by atoms with E-state index in [9.17, 15) is 10.1 Å². The molecule has 0 saturated carbocycles. The van der Waals surface area contributed by atoms with Crippen molar-refractivity contribution < 1.29 is 4.92 Å². The average molecular weight is 418 g/mol. The largest absolute Gasteiger partial charge is 0.353 e. The third-order valence-corrected chi connectivity index (χ3v) is 6.12. The van der Waals surface area contributed by atoms with Gasteiger partial charge in [0.15, 0.2) is 0 Å². The Labute approximate surface area is 182 Å². The number of nitrogens with one attached hydrogen (secondary N) is 1. The third-order valence-electron chi connectivity index (χ3n) is 6.12. The fourth-order valence-electron chi connectivity index (χ4n) is 4.17. The minimum atomic E-state index is -0.376. The SMILES string of the molecule is Cc1cccc(Nc2ncnc(N3CCC(Cc4ccccc4)CC3)c2[N+](=O)[O-])c1C. The van der Waals surface area contributed by atoms with Crippen LogP contribution in [0.2, 0.25) is 0 Å². The Bertz CT molecular complexity index is 1060. The first-order chi connectivity index (χ1) is 15.0. The summed E-state index contributed by atoms with van der Waals surface area (Å²) in [6.45, 7) is 5.50. The van der Waals surface area contributed by atoms with E-state index in [0.717, 1.165) is 49.2 Å². The molecule has 7 nitrogen and oxygen atoms in total. The lowest BCUT2D eigenvalue weighted by atomic mass is 9.90. The van der Waals surface area contributed by atoms with Gasteiger partial charge in [-0.3, -0.25) is 10.1 Å². The lowest BCUT2D eigenvalue weighted by Crippen LogP contribution is -2.35. The van der Waals surface area contributed by atoms with Crippen molar-refractivity contribution in [1.82, 2.24) is 9.97 Å². The molecule has 160 valence electrons. The molecule has 2 aromatic carbocycles. The lowest BCUT2D eigenvalue weighted by molar-refractivity contribution is -0.383. The molecule has 0 unspecified atom stereocenters. The molecular formula is C24H27N5O2. The fourth-order valence-corrected chi connectivity index (χ4v) is 4.17. The van der Waals surface area contributed by atoms with Crippen LogP contribution in [0.4, 0.5) is 23.0 Å². The molecule has 0 bridgehead atoms. The smallest absolute Gasteiger partial charge is 0.351 e. The zero-order valence-electron chi connectivity index (χ0n) is 17.9. The van der Waals surface area contributed by atoms with E-state index in [1.165, 1.54) is 11.9 Å². The van der Waals surface area contributed by atoms with Crippen molar-refractivity contribution in [2.24, 2.45) is 5.92 Å². The predicted molar refractivity (Wildman–Crippen MR) is 123 cm³/mol. The monoisotopic (exact) mass is 417 g/mol. The molecule has 0 atom stereocenters. The molecule has 1 aliphatic rings. The van der Waals surface area contributed by atoms with Crippen molar-refractivity contribution in [2.75, 3.05) is 23.3 Å². The average Bonchev–Trinajstić information content (AvgIpc) is 2.78. The van der Waals surface area contributed by atoms with Gasteiger partial charge in [0.1, 0.15) is 6.33 Å². The number of anilines is 3. The Balaban J connectivity index is 1.53. The van der Waals surface area contributed by atoms with E-state index in [0.29, 0.717) is 11.7 Å². The second-order valence-electron chi connectivity index (χ2n) is 8.14. The van der Waals surface area contributed by atoms with Crippen LogP contribution in [0.5, 0.6) is 0 Å². The number of aryl methyl sites for hydroxylation is 1. The van der Waals surface area contributed by atoms with Crippen LogP contribution in [0, 0.1) is 29.9 Å². The lowest BCUT2D eigenvalue weighted by Gasteiger charge is -2.32. The minimum absolute atomic E-state index is 0.0649. The van der Waals surface area contributed by atoms with Crippen LogP contribution in [-0.2, 0) is 6.42 Å². The summed E-state index contributed by atoms with van der Waals surface area (Å²) < 4.78 is 0. The highest BCUT2D eigenvalue weighted by Crippen LogP contribution is 2.36. The summed E-state index contributed by atoms with van der Waals surface area (Å²) >= 11 is 0. The van der Waals surface area contributed by atoms with E-state index in [1.54, 1.807) is 0 Å². The number of aromatic nitrogens is 2. The van der Waals surface area contributed by atoms with Crippen LogP contribution in [0.3, 0.4) is 0 Å². The molecule has 0 aliphatic carbocycles. The molecule has 1 aromatic heterocycles. The number of piperidine rings is 1. The molecule has 4 rings (SSSR count). The number of nitro groups is 1. The summed E-state index contributed by atoms with van der Waals surface area (Å²) in [6.07, 6.45) is 4.41. The summed E-state index contributed by atoms with van der Waals surface area (Å²) in [5, 5.41) is 15.2. The van der Waals surface area contributed by atoms with Crippen LogP contribution in [0.15, 0.2) is 54.9 Å². The van der Waals surface area contributed by atoms with Gasteiger partial charge in [0, 0.05) is 18.8 Å². The maximum absolute atomic E-state index is 12.0. The summed E-state index contributed by atoms with van der Waals surface area (Å²) in [7, 11) is 0. The molecule has 2 heterocycles. The first kappa shape index (κ1) is 20.8. The van der Waals surface area contributed by atoms with E-state index in [4.69, 9.17) is 0 Å². The van der Waals surface area contributed by atoms with Crippen molar-refractivity contribution in [3.63, 3.8) is 0 Å². The van der Waals surface area contributed by atoms with Gasteiger partial charge in [0.2, 0.25) is 11.6 Å². The van der Waals surface area contributed by atoms with E-state index >= 15 is 0 Å². The molecule has 31 heavy (non-hydrogen) atoms. The molecule has 0 radical (unpaired) electrons. The molecule has 3 aromatic rings. The van der Waals surface area contributed by atoms with Gasteiger partial charge in [-0.05, 0) is 61.8 Å². The molecule has 1 saturated heterocycles. The Morgan fingerprint density at radius 3 is 2.52 bits per heavy atom. The molecule has 0 amide bonds. The minimum Gasteiger partial charge on any atom is -0.351 e. The van der Waals surface area contributed by atoms with Crippen LogP contribution < -0.4 is 10.2 Å². The number of hydrogen-bond acceptors (Lipinski definition) is 6. The molecule has 7 heteroatoms. The Kier molecular flexibility index (Phi) is 6.11. The second kappa shape index (κ2) is 9.12. The molecular weight excluding hydrogens is 390 g/mol. The van der Waals surface area contributed by atoms with Crippen molar-refractivity contribution in [2.45, 2.75) is 33.1 Å². The maximum Gasteiger partial charge on any atom is 0.353 e. The number of rotatable bonds is 6. The van der Waals surface area contributed by atoms with Gasteiger partial charge in [0.05, 0.1) is 4.92 Å². The maximum atomic E-state index is 12.0. The van der Waals surface area contributed by atoms with Gasteiger partial charge >= 0.3 is 5.69 Å². The van der Waals surface area contributed by atoms with E-state index < -0.39 is 0 Å². The van der Waals surface area contributed by atoms with Crippen LogP contribution in [0.1, 0.15) is 29.5 Å². The highest BCUT2D eigenvalue weighted by Gasteiger charge is 2.30. The Hall–Kier alpha value is -3.48. The van der Waals surface area contributed by atoms with Gasteiger partial charge in [-0.25, -0.2) is 9.97 Å². The standard InChI is InChI=1S/C24H27N5O2/c1-17-7-6-10-21(18(17)2)27-23-22(29(30)31)24(26-16-25-23)28-13-11-20(12-14-28)15-19-8-4-3-5-9-19/h3-10,16,20H,11-15H2,1-2H3,(H,25,26,27). The number of benzene rings is 2. The van der Waals surface area contributed by atoms with Gasteiger partial charge in [0.25, 0.3) is 0 Å². The number of nitrogens with zero attached hydrogens (tertiary/aromatic N) is 4. The first-order valence-electron chi connectivity index (χ1n) is 10.6. The fraction of sp³-hybridized carbons (Fsp3) is 0.333.